The topological polar surface area (TPSA) is 66.5 Å². The zero-order valence-corrected chi connectivity index (χ0v) is 13.4. The Hall–Kier alpha value is -1.84. The van der Waals surface area contributed by atoms with Crippen molar-refractivity contribution >= 4 is 15.9 Å². The van der Waals surface area contributed by atoms with Gasteiger partial charge in [0.2, 0.25) is 10.0 Å². The fourth-order valence-electron chi connectivity index (χ4n) is 2.60. The highest BCUT2D eigenvalue weighted by Crippen LogP contribution is 2.25. The van der Waals surface area contributed by atoms with Gasteiger partial charge >= 0.3 is 0 Å². The second-order valence-corrected chi connectivity index (χ2v) is 7.27. The number of rotatable bonds is 4. The Morgan fingerprint density at radius 2 is 2.23 bits per heavy atom. The molecule has 1 aliphatic rings. The van der Waals surface area contributed by atoms with Crippen molar-refractivity contribution in [2.24, 2.45) is 0 Å². The van der Waals surface area contributed by atoms with E-state index in [2.05, 4.69) is 11.2 Å². The van der Waals surface area contributed by atoms with Crippen molar-refractivity contribution in [3.8, 4) is 12.3 Å². The molecule has 1 amide bonds. The van der Waals surface area contributed by atoms with E-state index in [4.69, 9.17) is 6.42 Å². The van der Waals surface area contributed by atoms with Crippen LogP contribution in [0.25, 0.3) is 0 Å². The van der Waals surface area contributed by atoms with Crippen LogP contribution in [0.1, 0.15) is 36.5 Å². The quantitative estimate of drug-likeness (QED) is 0.857. The van der Waals surface area contributed by atoms with Crippen molar-refractivity contribution < 1.29 is 13.2 Å². The number of terminal acetylenes is 1. The number of piperidine rings is 1. The van der Waals surface area contributed by atoms with Gasteiger partial charge in [0.1, 0.15) is 0 Å². The minimum Gasteiger partial charge on any atom is -0.341 e. The molecule has 1 fully saturated rings. The van der Waals surface area contributed by atoms with E-state index in [9.17, 15) is 13.2 Å². The number of carbonyl (C=O) groups is 1. The second-order valence-electron chi connectivity index (χ2n) is 5.38. The van der Waals surface area contributed by atoms with Crippen molar-refractivity contribution in [1.29, 1.82) is 0 Å². The van der Waals surface area contributed by atoms with Gasteiger partial charge in [-0.15, -0.1) is 6.42 Å². The maximum absolute atomic E-state index is 12.7. The molecule has 0 aromatic heterocycles. The average molecular weight is 320 g/mol. The summed E-state index contributed by atoms with van der Waals surface area (Å²) in [5, 5.41) is 2.53. The summed E-state index contributed by atoms with van der Waals surface area (Å²) < 4.78 is 27.0. The fraction of sp³-hybridized carbons (Fsp3) is 0.438. The molecule has 2 rings (SSSR count). The van der Waals surface area contributed by atoms with Crippen LogP contribution in [0.5, 0.6) is 0 Å². The molecule has 1 aromatic carbocycles. The molecule has 1 N–H and O–H groups in total. The van der Waals surface area contributed by atoms with Gasteiger partial charge in [-0.1, -0.05) is 18.4 Å². The fourth-order valence-corrected chi connectivity index (χ4v) is 4.34. The Morgan fingerprint density at radius 1 is 1.45 bits per heavy atom. The van der Waals surface area contributed by atoms with Crippen LogP contribution in [0, 0.1) is 12.3 Å². The maximum Gasteiger partial charge on any atom is 0.252 e. The first-order valence-electron chi connectivity index (χ1n) is 7.30. The van der Waals surface area contributed by atoms with Crippen LogP contribution in [0.15, 0.2) is 29.2 Å². The van der Waals surface area contributed by atoms with Gasteiger partial charge in [-0.05, 0) is 38.0 Å². The van der Waals surface area contributed by atoms with Crippen LogP contribution in [0.3, 0.4) is 0 Å². The molecule has 22 heavy (non-hydrogen) atoms. The van der Waals surface area contributed by atoms with Gasteiger partial charge in [-0.3, -0.25) is 4.79 Å². The van der Waals surface area contributed by atoms with Crippen molar-refractivity contribution in [1.82, 2.24) is 9.62 Å². The average Bonchev–Trinajstić information content (AvgIpc) is 2.53. The molecule has 5 nitrogen and oxygen atoms in total. The smallest absolute Gasteiger partial charge is 0.252 e. The monoisotopic (exact) mass is 320 g/mol. The number of sulfonamides is 1. The van der Waals surface area contributed by atoms with Crippen molar-refractivity contribution in [3.63, 3.8) is 0 Å². The lowest BCUT2D eigenvalue weighted by Gasteiger charge is -2.32. The number of carbonyl (C=O) groups excluding carboxylic acids is 1. The highest BCUT2D eigenvalue weighted by Gasteiger charge is 2.31. The van der Waals surface area contributed by atoms with E-state index in [-0.39, 0.29) is 23.4 Å². The summed E-state index contributed by atoms with van der Waals surface area (Å²) in [6, 6.07) is 6.06. The molecule has 1 aromatic rings. The summed E-state index contributed by atoms with van der Waals surface area (Å²) in [7, 11) is -3.57. The number of nitrogens with one attached hydrogen (secondary N) is 1. The van der Waals surface area contributed by atoms with E-state index in [0.717, 1.165) is 19.3 Å². The van der Waals surface area contributed by atoms with Crippen LogP contribution >= 0.6 is 0 Å². The van der Waals surface area contributed by atoms with Gasteiger partial charge in [-0.2, -0.15) is 4.31 Å². The van der Waals surface area contributed by atoms with Gasteiger partial charge in [0.15, 0.2) is 0 Å². The van der Waals surface area contributed by atoms with E-state index >= 15 is 0 Å². The number of hydrogen-bond acceptors (Lipinski definition) is 3. The van der Waals surface area contributed by atoms with Gasteiger partial charge in [0, 0.05) is 18.2 Å². The van der Waals surface area contributed by atoms with E-state index < -0.39 is 10.0 Å². The Labute approximate surface area is 131 Å². The molecule has 1 saturated heterocycles. The molecule has 1 unspecified atom stereocenters. The minimum absolute atomic E-state index is 0.0160. The normalized spacial score (nSPS) is 19.4. The SMILES string of the molecule is C#CCNC(=O)c1cccc(S(=O)(=O)N2CCCCC2C)c1. The molecule has 1 heterocycles. The number of benzene rings is 1. The molecule has 6 heteroatoms. The Kier molecular flexibility index (Phi) is 5.22. The predicted octanol–water partition coefficient (Wildman–Crippen LogP) is 1.61. The molecule has 1 aliphatic heterocycles. The summed E-state index contributed by atoms with van der Waals surface area (Å²) >= 11 is 0. The summed E-state index contributed by atoms with van der Waals surface area (Å²) in [6.07, 6.45) is 7.87. The Morgan fingerprint density at radius 3 is 2.91 bits per heavy atom. The van der Waals surface area contributed by atoms with E-state index in [1.165, 1.54) is 16.4 Å². The van der Waals surface area contributed by atoms with Gasteiger partial charge in [-0.25, -0.2) is 8.42 Å². The molecule has 0 saturated carbocycles. The molecule has 0 spiro atoms. The van der Waals surface area contributed by atoms with E-state index in [0.29, 0.717) is 12.1 Å². The third kappa shape index (κ3) is 3.49. The summed E-state index contributed by atoms with van der Waals surface area (Å²) in [6.45, 7) is 2.55. The predicted molar refractivity (Wildman–Crippen MR) is 84.8 cm³/mol. The zero-order valence-electron chi connectivity index (χ0n) is 12.6. The van der Waals surface area contributed by atoms with Gasteiger partial charge < -0.3 is 5.32 Å². The lowest BCUT2D eigenvalue weighted by atomic mass is 10.1. The molecule has 118 valence electrons. The zero-order chi connectivity index (χ0) is 16.2. The summed E-state index contributed by atoms with van der Waals surface area (Å²) in [4.78, 5) is 12.1. The van der Waals surface area contributed by atoms with Gasteiger partial charge in [0.05, 0.1) is 11.4 Å². The number of hydrogen-bond donors (Lipinski definition) is 1. The molecular weight excluding hydrogens is 300 g/mol. The van der Waals surface area contributed by atoms with Crippen molar-refractivity contribution in [3.05, 3.63) is 29.8 Å². The van der Waals surface area contributed by atoms with Crippen LogP contribution in [0.4, 0.5) is 0 Å². The van der Waals surface area contributed by atoms with Gasteiger partial charge in [0.25, 0.3) is 5.91 Å². The Bertz CT molecular complexity index is 692. The molecule has 1 atom stereocenters. The van der Waals surface area contributed by atoms with Crippen LogP contribution < -0.4 is 5.32 Å². The first-order valence-corrected chi connectivity index (χ1v) is 8.74. The largest absolute Gasteiger partial charge is 0.341 e. The molecule has 0 radical (unpaired) electrons. The molecular formula is C16H20N2O3S. The van der Waals surface area contributed by atoms with E-state index in [1.807, 2.05) is 6.92 Å². The lowest BCUT2D eigenvalue weighted by Crippen LogP contribution is -2.42. The lowest BCUT2D eigenvalue weighted by molar-refractivity contribution is 0.0958. The third-order valence-corrected chi connectivity index (χ3v) is 5.81. The molecule has 0 bridgehead atoms. The standard InChI is InChI=1S/C16H20N2O3S/c1-3-10-17-16(19)14-8-6-9-15(12-14)22(20,21)18-11-5-4-7-13(18)2/h1,6,8-9,12-13H,4-5,7,10-11H2,2H3,(H,17,19). The molecule has 0 aliphatic carbocycles. The highest BCUT2D eigenvalue weighted by molar-refractivity contribution is 7.89. The number of nitrogens with zero attached hydrogens (tertiary/aromatic N) is 1. The van der Waals surface area contributed by atoms with E-state index in [1.54, 1.807) is 12.1 Å². The number of amides is 1. The first kappa shape index (κ1) is 16.5. The summed E-state index contributed by atoms with van der Waals surface area (Å²) in [5.74, 6) is 1.94. The Balaban J connectivity index is 2.28. The highest BCUT2D eigenvalue weighted by atomic mass is 32.2. The van der Waals surface area contributed by atoms with Crippen molar-refractivity contribution in [2.75, 3.05) is 13.1 Å². The maximum atomic E-state index is 12.7. The first-order chi connectivity index (χ1) is 10.5. The second kappa shape index (κ2) is 6.95. The van der Waals surface area contributed by atoms with Crippen molar-refractivity contribution in [2.45, 2.75) is 37.1 Å². The van der Waals surface area contributed by atoms with Crippen LogP contribution in [-0.2, 0) is 10.0 Å². The van der Waals surface area contributed by atoms with Crippen LogP contribution in [-0.4, -0.2) is 37.8 Å². The van der Waals surface area contributed by atoms with Crippen LogP contribution in [0.2, 0.25) is 0 Å². The summed E-state index contributed by atoms with van der Waals surface area (Å²) in [5.41, 5.74) is 0.293. The minimum atomic E-state index is -3.57. The third-order valence-electron chi connectivity index (χ3n) is 3.80.